The molecule has 1 aliphatic carbocycles. The van der Waals surface area contributed by atoms with E-state index in [0.717, 1.165) is 0 Å². The van der Waals surface area contributed by atoms with Gasteiger partial charge in [0, 0.05) is 0 Å². The number of alkyl halides is 3. The molecule has 0 aromatic heterocycles. The van der Waals surface area contributed by atoms with Gasteiger partial charge in [0.15, 0.2) is 0 Å². The van der Waals surface area contributed by atoms with E-state index in [2.05, 4.69) is 0 Å². The summed E-state index contributed by atoms with van der Waals surface area (Å²) in [7, 11) is 0. The molecule has 0 atom stereocenters. The Morgan fingerprint density at radius 3 is 2.07 bits per heavy atom. The van der Waals surface area contributed by atoms with Gasteiger partial charge < -0.3 is 10.8 Å². The Bertz CT molecular complexity index is 231. The zero-order valence-electron chi connectivity index (χ0n) is 7.47. The van der Waals surface area contributed by atoms with E-state index in [0.29, 0.717) is 0 Å². The summed E-state index contributed by atoms with van der Waals surface area (Å²) in [6.45, 7) is 0. The average Bonchev–Trinajstić information content (AvgIpc) is 2.03. The van der Waals surface area contributed by atoms with Crippen molar-refractivity contribution < 1.29 is 23.1 Å². The summed E-state index contributed by atoms with van der Waals surface area (Å²) in [5, 5.41) is 9.49. The van der Waals surface area contributed by atoms with Crippen molar-refractivity contribution in [2.75, 3.05) is 0 Å². The second-order valence-corrected chi connectivity index (χ2v) is 3.71. The van der Waals surface area contributed by atoms with Crippen LogP contribution in [0.5, 0.6) is 0 Å². The highest BCUT2D eigenvalue weighted by molar-refractivity contribution is 5.83. The second-order valence-electron chi connectivity index (χ2n) is 3.71. The quantitative estimate of drug-likeness (QED) is 0.678. The summed E-state index contributed by atoms with van der Waals surface area (Å²) >= 11 is 0. The molecule has 3 N–H and O–H groups in total. The lowest BCUT2D eigenvalue weighted by Crippen LogP contribution is -2.48. The van der Waals surface area contributed by atoms with Crippen molar-refractivity contribution in [3.63, 3.8) is 0 Å². The molecule has 1 saturated carbocycles. The Balaban J connectivity index is 2.59. The first-order chi connectivity index (χ1) is 6.26. The lowest BCUT2D eigenvalue weighted by molar-refractivity contribution is -0.193. The van der Waals surface area contributed by atoms with Crippen LogP contribution in [0.2, 0.25) is 0 Å². The number of carbonyl (C=O) groups is 1. The topological polar surface area (TPSA) is 63.3 Å². The molecule has 1 aliphatic rings. The zero-order chi connectivity index (χ0) is 11.0. The summed E-state index contributed by atoms with van der Waals surface area (Å²) < 4.78 is 36.6. The van der Waals surface area contributed by atoms with Crippen molar-refractivity contribution >= 4 is 5.91 Å². The van der Waals surface area contributed by atoms with E-state index in [4.69, 9.17) is 5.73 Å². The zero-order valence-corrected chi connectivity index (χ0v) is 7.47. The van der Waals surface area contributed by atoms with Crippen LogP contribution in [0.25, 0.3) is 0 Å². The van der Waals surface area contributed by atoms with Gasteiger partial charge in [-0.1, -0.05) is 0 Å². The molecule has 82 valence electrons. The number of amides is 1. The van der Waals surface area contributed by atoms with E-state index in [1.165, 1.54) is 0 Å². The minimum Gasteiger partial charge on any atom is -0.380 e. The summed E-state index contributed by atoms with van der Waals surface area (Å²) in [6, 6.07) is 0. The predicted octanol–water partition coefficient (Wildman–Crippen LogP) is 0.955. The van der Waals surface area contributed by atoms with E-state index in [-0.39, 0.29) is 25.7 Å². The van der Waals surface area contributed by atoms with Gasteiger partial charge in [0.1, 0.15) is 5.60 Å². The summed E-state index contributed by atoms with van der Waals surface area (Å²) in [4.78, 5) is 10.7. The molecule has 0 aliphatic heterocycles. The molecule has 3 nitrogen and oxygen atoms in total. The molecular formula is C8H12F3NO2. The smallest absolute Gasteiger partial charge is 0.380 e. The molecule has 0 spiro atoms. The highest BCUT2D eigenvalue weighted by Crippen LogP contribution is 2.40. The van der Waals surface area contributed by atoms with Crippen LogP contribution in [0.15, 0.2) is 0 Å². The number of hydrogen-bond acceptors (Lipinski definition) is 2. The van der Waals surface area contributed by atoms with Crippen molar-refractivity contribution in [2.45, 2.75) is 37.5 Å². The van der Waals surface area contributed by atoms with Gasteiger partial charge >= 0.3 is 6.18 Å². The maximum absolute atomic E-state index is 12.2. The minimum atomic E-state index is -4.24. The van der Waals surface area contributed by atoms with E-state index in [1.54, 1.807) is 0 Å². The van der Waals surface area contributed by atoms with Crippen LogP contribution in [-0.2, 0) is 4.79 Å². The van der Waals surface area contributed by atoms with E-state index in [1.807, 2.05) is 0 Å². The number of rotatable bonds is 1. The van der Waals surface area contributed by atoms with E-state index < -0.39 is 23.6 Å². The van der Waals surface area contributed by atoms with Crippen LogP contribution in [0.3, 0.4) is 0 Å². The first-order valence-corrected chi connectivity index (χ1v) is 4.35. The fourth-order valence-electron chi connectivity index (χ4n) is 1.67. The van der Waals surface area contributed by atoms with Gasteiger partial charge in [-0.05, 0) is 25.7 Å². The molecule has 1 rings (SSSR count). The standard InChI is InChI=1S/C8H12F3NO2/c9-8(10,11)5-1-3-7(14,4-2-5)6(12)13/h5,14H,1-4H2,(H2,12,13). The number of halogens is 3. The van der Waals surface area contributed by atoms with Gasteiger partial charge in [-0.15, -0.1) is 0 Å². The molecule has 0 aromatic rings. The fraction of sp³-hybridized carbons (Fsp3) is 0.875. The summed E-state index contributed by atoms with van der Waals surface area (Å²) in [5.74, 6) is -2.35. The van der Waals surface area contributed by atoms with Gasteiger partial charge in [0.05, 0.1) is 5.92 Å². The highest BCUT2D eigenvalue weighted by atomic mass is 19.4. The third-order valence-corrected chi connectivity index (χ3v) is 2.73. The molecule has 0 heterocycles. The van der Waals surface area contributed by atoms with Crippen molar-refractivity contribution in [3.05, 3.63) is 0 Å². The van der Waals surface area contributed by atoms with E-state index in [9.17, 15) is 23.1 Å². The third kappa shape index (κ3) is 2.17. The van der Waals surface area contributed by atoms with Crippen LogP contribution < -0.4 is 5.73 Å². The van der Waals surface area contributed by atoms with Crippen LogP contribution in [0.1, 0.15) is 25.7 Å². The Kier molecular flexibility index (Phi) is 2.76. The Morgan fingerprint density at radius 2 is 1.79 bits per heavy atom. The fourth-order valence-corrected chi connectivity index (χ4v) is 1.67. The molecule has 1 amide bonds. The number of hydrogen-bond donors (Lipinski definition) is 2. The predicted molar refractivity (Wildman–Crippen MR) is 42.2 cm³/mol. The minimum absolute atomic E-state index is 0.202. The number of carbonyl (C=O) groups excluding carboxylic acids is 1. The largest absolute Gasteiger partial charge is 0.391 e. The molecule has 14 heavy (non-hydrogen) atoms. The lowest BCUT2D eigenvalue weighted by Gasteiger charge is -2.34. The Morgan fingerprint density at radius 1 is 1.36 bits per heavy atom. The van der Waals surface area contributed by atoms with Gasteiger partial charge in [-0.3, -0.25) is 4.79 Å². The molecule has 1 fully saturated rings. The summed E-state index contributed by atoms with van der Waals surface area (Å²) in [6.07, 6.45) is -5.11. The molecule has 0 saturated heterocycles. The first-order valence-electron chi connectivity index (χ1n) is 4.35. The van der Waals surface area contributed by atoms with Crippen LogP contribution in [-0.4, -0.2) is 22.8 Å². The molecule has 0 radical (unpaired) electrons. The average molecular weight is 211 g/mol. The Labute approximate surface area is 79.1 Å². The normalized spacial score (nSPS) is 34.1. The molecule has 0 aromatic carbocycles. The van der Waals surface area contributed by atoms with Gasteiger partial charge in [0.2, 0.25) is 5.91 Å². The van der Waals surface area contributed by atoms with Gasteiger partial charge in [-0.25, -0.2) is 0 Å². The van der Waals surface area contributed by atoms with Crippen LogP contribution >= 0.6 is 0 Å². The molecule has 0 unspecified atom stereocenters. The molecular weight excluding hydrogens is 199 g/mol. The van der Waals surface area contributed by atoms with Crippen LogP contribution in [0.4, 0.5) is 13.2 Å². The first kappa shape index (κ1) is 11.3. The molecule has 0 bridgehead atoms. The van der Waals surface area contributed by atoms with Crippen molar-refractivity contribution in [3.8, 4) is 0 Å². The Hall–Kier alpha value is -0.780. The second kappa shape index (κ2) is 3.42. The van der Waals surface area contributed by atoms with Crippen LogP contribution in [0, 0.1) is 5.92 Å². The maximum atomic E-state index is 12.2. The SMILES string of the molecule is NC(=O)C1(O)CCC(C(F)(F)F)CC1. The highest BCUT2D eigenvalue weighted by Gasteiger charge is 2.47. The lowest BCUT2D eigenvalue weighted by atomic mass is 9.78. The number of primary amides is 1. The number of aliphatic hydroxyl groups is 1. The summed E-state index contributed by atoms with van der Waals surface area (Å²) in [5.41, 5.74) is 3.15. The van der Waals surface area contributed by atoms with E-state index >= 15 is 0 Å². The van der Waals surface area contributed by atoms with Crippen molar-refractivity contribution in [1.82, 2.24) is 0 Å². The number of nitrogens with two attached hydrogens (primary N) is 1. The maximum Gasteiger partial charge on any atom is 0.391 e. The monoisotopic (exact) mass is 211 g/mol. The van der Waals surface area contributed by atoms with Crippen molar-refractivity contribution in [2.24, 2.45) is 11.7 Å². The third-order valence-electron chi connectivity index (χ3n) is 2.73. The molecule has 6 heteroatoms. The van der Waals surface area contributed by atoms with Crippen molar-refractivity contribution in [1.29, 1.82) is 0 Å². The van der Waals surface area contributed by atoms with Gasteiger partial charge in [0.25, 0.3) is 0 Å². The van der Waals surface area contributed by atoms with Gasteiger partial charge in [-0.2, -0.15) is 13.2 Å².